The highest BCUT2D eigenvalue weighted by Gasteiger charge is 2.22. The standard InChI is InChI=1S/C21H24ClN3O3/c1-15-9-19(28-23-15)12-21(26)25-6-2-5-24(7-8-25)13-16-10-17-11-18(22)3-4-20(17)27-14-16/h3-4,9-11H,2,5-8,12-14H2,1H3. The van der Waals surface area contributed by atoms with Crippen molar-refractivity contribution in [3.05, 3.63) is 51.9 Å². The number of rotatable bonds is 4. The number of hydrogen-bond donors (Lipinski definition) is 0. The second kappa shape index (κ2) is 8.37. The van der Waals surface area contributed by atoms with Gasteiger partial charge in [-0.05, 0) is 43.2 Å². The van der Waals surface area contributed by atoms with E-state index in [0.29, 0.717) is 17.4 Å². The monoisotopic (exact) mass is 401 g/mol. The summed E-state index contributed by atoms with van der Waals surface area (Å²) >= 11 is 6.10. The Balaban J connectivity index is 1.33. The predicted octanol–water partition coefficient (Wildman–Crippen LogP) is 3.19. The molecule has 148 valence electrons. The summed E-state index contributed by atoms with van der Waals surface area (Å²) in [6.45, 7) is 6.61. The minimum absolute atomic E-state index is 0.0989. The SMILES string of the molecule is Cc1cc(CC(=O)N2CCCN(CC3=Cc4cc(Cl)ccc4OC3)CC2)on1. The molecule has 2 aliphatic rings. The van der Waals surface area contributed by atoms with Crippen LogP contribution in [-0.2, 0) is 11.2 Å². The molecule has 2 aromatic rings. The molecular formula is C21H24ClN3O3. The first kappa shape index (κ1) is 19.0. The topological polar surface area (TPSA) is 58.8 Å². The first-order chi connectivity index (χ1) is 13.6. The molecule has 0 unspecified atom stereocenters. The van der Waals surface area contributed by atoms with Crippen LogP contribution in [0.3, 0.4) is 0 Å². The molecule has 1 saturated heterocycles. The van der Waals surface area contributed by atoms with Crippen molar-refractivity contribution in [1.82, 2.24) is 15.0 Å². The number of ether oxygens (including phenoxy) is 1. The summed E-state index contributed by atoms with van der Waals surface area (Å²) in [6.07, 6.45) is 3.40. The number of carbonyl (C=O) groups is 1. The molecule has 3 heterocycles. The van der Waals surface area contributed by atoms with E-state index in [1.807, 2.05) is 36.1 Å². The van der Waals surface area contributed by atoms with Crippen molar-refractivity contribution >= 4 is 23.6 Å². The summed E-state index contributed by atoms with van der Waals surface area (Å²) < 4.78 is 11.0. The van der Waals surface area contributed by atoms with E-state index in [0.717, 1.165) is 56.2 Å². The molecule has 0 saturated carbocycles. The molecule has 7 heteroatoms. The van der Waals surface area contributed by atoms with Gasteiger partial charge in [0.25, 0.3) is 0 Å². The van der Waals surface area contributed by atoms with Crippen LogP contribution in [0.25, 0.3) is 6.08 Å². The van der Waals surface area contributed by atoms with E-state index in [4.69, 9.17) is 20.9 Å². The Hall–Kier alpha value is -2.31. The third-order valence-electron chi connectivity index (χ3n) is 5.11. The van der Waals surface area contributed by atoms with Crippen molar-refractivity contribution in [3.63, 3.8) is 0 Å². The fourth-order valence-electron chi connectivity index (χ4n) is 3.71. The Bertz CT molecular complexity index is 893. The maximum atomic E-state index is 12.6. The smallest absolute Gasteiger partial charge is 0.230 e. The molecule has 0 bridgehead atoms. The summed E-state index contributed by atoms with van der Waals surface area (Å²) in [7, 11) is 0. The van der Waals surface area contributed by atoms with Gasteiger partial charge < -0.3 is 14.2 Å². The number of halogens is 1. The summed E-state index contributed by atoms with van der Waals surface area (Å²) in [6, 6.07) is 7.52. The van der Waals surface area contributed by atoms with Gasteiger partial charge in [-0.1, -0.05) is 16.8 Å². The van der Waals surface area contributed by atoms with Gasteiger partial charge in [-0.3, -0.25) is 9.69 Å². The molecule has 0 atom stereocenters. The van der Waals surface area contributed by atoms with Gasteiger partial charge in [0.1, 0.15) is 18.1 Å². The summed E-state index contributed by atoms with van der Waals surface area (Å²) in [5.41, 5.74) is 3.06. The molecule has 0 radical (unpaired) electrons. The van der Waals surface area contributed by atoms with E-state index < -0.39 is 0 Å². The van der Waals surface area contributed by atoms with E-state index >= 15 is 0 Å². The minimum Gasteiger partial charge on any atom is -0.489 e. The van der Waals surface area contributed by atoms with Crippen LogP contribution in [0.4, 0.5) is 0 Å². The molecule has 6 nitrogen and oxygen atoms in total. The lowest BCUT2D eigenvalue weighted by molar-refractivity contribution is -0.130. The molecule has 1 fully saturated rings. The Morgan fingerprint density at radius 2 is 2.11 bits per heavy atom. The maximum absolute atomic E-state index is 12.6. The highest BCUT2D eigenvalue weighted by Crippen LogP contribution is 2.29. The van der Waals surface area contributed by atoms with Crippen LogP contribution in [0.2, 0.25) is 5.02 Å². The largest absolute Gasteiger partial charge is 0.489 e. The Morgan fingerprint density at radius 1 is 1.21 bits per heavy atom. The summed E-state index contributed by atoms with van der Waals surface area (Å²) in [5, 5.41) is 4.57. The molecule has 0 spiro atoms. The lowest BCUT2D eigenvalue weighted by Crippen LogP contribution is -2.36. The molecule has 0 N–H and O–H groups in total. The number of hydrogen-bond acceptors (Lipinski definition) is 5. The van der Waals surface area contributed by atoms with Crippen molar-refractivity contribution in [3.8, 4) is 5.75 Å². The minimum atomic E-state index is 0.0989. The Kier molecular flexibility index (Phi) is 5.69. The first-order valence-electron chi connectivity index (χ1n) is 9.61. The first-order valence-corrected chi connectivity index (χ1v) is 9.99. The zero-order chi connectivity index (χ0) is 19.5. The Labute approximate surface area is 169 Å². The number of aromatic nitrogens is 1. The second-order valence-corrected chi connectivity index (χ2v) is 7.83. The summed E-state index contributed by atoms with van der Waals surface area (Å²) in [4.78, 5) is 16.9. The molecule has 4 rings (SSSR count). The molecular weight excluding hydrogens is 378 g/mol. The molecule has 1 aromatic heterocycles. The van der Waals surface area contributed by atoms with Crippen LogP contribution in [0.1, 0.15) is 23.4 Å². The quantitative estimate of drug-likeness (QED) is 0.787. The number of benzene rings is 1. The molecule has 1 amide bonds. The second-order valence-electron chi connectivity index (χ2n) is 7.40. The molecule has 1 aromatic carbocycles. The van der Waals surface area contributed by atoms with Crippen molar-refractivity contribution < 1.29 is 14.1 Å². The molecule has 28 heavy (non-hydrogen) atoms. The van der Waals surface area contributed by atoms with Crippen LogP contribution in [-0.4, -0.2) is 60.2 Å². The third kappa shape index (κ3) is 4.56. The number of carbonyl (C=O) groups excluding carboxylic acids is 1. The summed E-state index contributed by atoms with van der Waals surface area (Å²) in [5.74, 6) is 1.61. The number of aryl methyl sites for hydroxylation is 1. The lowest BCUT2D eigenvalue weighted by atomic mass is 10.1. The Morgan fingerprint density at radius 3 is 2.93 bits per heavy atom. The van der Waals surface area contributed by atoms with E-state index in [9.17, 15) is 4.79 Å². The maximum Gasteiger partial charge on any atom is 0.230 e. The highest BCUT2D eigenvalue weighted by molar-refractivity contribution is 6.30. The van der Waals surface area contributed by atoms with Gasteiger partial charge in [0.05, 0.1) is 12.1 Å². The molecule has 2 aliphatic heterocycles. The van der Waals surface area contributed by atoms with E-state index in [1.54, 1.807) is 0 Å². The van der Waals surface area contributed by atoms with Gasteiger partial charge in [0.15, 0.2) is 0 Å². The van der Waals surface area contributed by atoms with Crippen LogP contribution in [0.15, 0.2) is 34.4 Å². The lowest BCUT2D eigenvalue weighted by Gasteiger charge is -2.25. The van der Waals surface area contributed by atoms with Gasteiger partial charge >= 0.3 is 0 Å². The van der Waals surface area contributed by atoms with Crippen LogP contribution >= 0.6 is 11.6 Å². The fraction of sp³-hybridized carbons (Fsp3) is 0.429. The molecule has 0 aliphatic carbocycles. The van der Waals surface area contributed by atoms with Crippen molar-refractivity contribution in [2.45, 2.75) is 19.8 Å². The van der Waals surface area contributed by atoms with Crippen molar-refractivity contribution in [2.75, 3.05) is 39.3 Å². The van der Waals surface area contributed by atoms with E-state index in [1.165, 1.54) is 5.57 Å². The normalized spacial score (nSPS) is 17.5. The van der Waals surface area contributed by atoms with Gasteiger partial charge in [-0.15, -0.1) is 0 Å². The van der Waals surface area contributed by atoms with Crippen LogP contribution in [0, 0.1) is 6.92 Å². The number of fused-ring (bicyclic) bond motifs is 1. The van der Waals surface area contributed by atoms with E-state index in [2.05, 4.69) is 16.1 Å². The average Bonchev–Trinajstić information content (AvgIpc) is 2.94. The van der Waals surface area contributed by atoms with Crippen LogP contribution < -0.4 is 4.74 Å². The zero-order valence-corrected chi connectivity index (χ0v) is 16.7. The fourth-order valence-corrected chi connectivity index (χ4v) is 3.89. The number of amides is 1. The van der Waals surface area contributed by atoms with Crippen molar-refractivity contribution in [1.29, 1.82) is 0 Å². The zero-order valence-electron chi connectivity index (χ0n) is 16.0. The predicted molar refractivity (Wildman–Crippen MR) is 108 cm³/mol. The van der Waals surface area contributed by atoms with E-state index in [-0.39, 0.29) is 12.3 Å². The highest BCUT2D eigenvalue weighted by atomic mass is 35.5. The average molecular weight is 402 g/mol. The van der Waals surface area contributed by atoms with Gasteiger partial charge in [-0.2, -0.15) is 0 Å². The van der Waals surface area contributed by atoms with Gasteiger partial charge in [0, 0.05) is 49.4 Å². The third-order valence-corrected chi connectivity index (χ3v) is 5.35. The van der Waals surface area contributed by atoms with Gasteiger partial charge in [-0.25, -0.2) is 0 Å². The number of nitrogens with zero attached hydrogens (tertiary/aromatic N) is 3. The van der Waals surface area contributed by atoms with Crippen molar-refractivity contribution in [2.24, 2.45) is 0 Å². The van der Waals surface area contributed by atoms with Crippen LogP contribution in [0.5, 0.6) is 5.75 Å². The van der Waals surface area contributed by atoms with Gasteiger partial charge in [0.2, 0.25) is 5.91 Å².